The number of benzene rings is 1. The van der Waals surface area contributed by atoms with E-state index in [1.54, 1.807) is 36.7 Å². The van der Waals surface area contributed by atoms with Crippen molar-refractivity contribution in [1.29, 1.82) is 0 Å². The maximum Gasteiger partial charge on any atom is 0.262 e. The van der Waals surface area contributed by atoms with E-state index in [2.05, 4.69) is 15.4 Å². The van der Waals surface area contributed by atoms with Crippen LogP contribution in [0.4, 0.5) is 5.69 Å². The third-order valence-electron chi connectivity index (χ3n) is 4.23. The van der Waals surface area contributed by atoms with Crippen LogP contribution in [0.5, 0.6) is 5.75 Å². The number of nitrogens with zero attached hydrogens (tertiary/aromatic N) is 3. The van der Waals surface area contributed by atoms with Crippen molar-refractivity contribution in [2.45, 2.75) is 0 Å². The van der Waals surface area contributed by atoms with Gasteiger partial charge in [-0.15, -0.1) is 0 Å². The maximum absolute atomic E-state index is 13.0. The fourth-order valence-electron chi connectivity index (χ4n) is 2.95. The Bertz CT molecular complexity index is 955. The Morgan fingerprint density at radius 3 is 2.77 bits per heavy atom. The van der Waals surface area contributed by atoms with E-state index in [-0.39, 0.29) is 18.3 Å². The number of amides is 2. The van der Waals surface area contributed by atoms with Gasteiger partial charge in [-0.3, -0.25) is 19.4 Å². The number of aromatic nitrogens is 1. The zero-order valence-corrected chi connectivity index (χ0v) is 13.8. The maximum atomic E-state index is 13.0. The number of hydrogen-bond acceptors (Lipinski definition) is 6. The van der Waals surface area contributed by atoms with Crippen molar-refractivity contribution < 1.29 is 19.1 Å². The Labute approximate surface area is 148 Å². The number of Topliss-reactive ketones (excluding diaryl/α,β-unsaturated/α-hetero) is 1. The van der Waals surface area contributed by atoms with E-state index in [1.165, 1.54) is 18.1 Å². The second kappa shape index (κ2) is 6.07. The highest BCUT2D eigenvalue weighted by Crippen LogP contribution is 2.31. The van der Waals surface area contributed by atoms with Crippen molar-refractivity contribution in [2.75, 3.05) is 19.0 Å². The van der Waals surface area contributed by atoms with Gasteiger partial charge in [0.2, 0.25) is 0 Å². The lowest BCUT2D eigenvalue weighted by atomic mass is 9.89. The molecule has 8 heteroatoms. The number of rotatable bonds is 3. The summed E-state index contributed by atoms with van der Waals surface area (Å²) in [4.78, 5) is 40.9. The van der Waals surface area contributed by atoms with E-state index >= 15 is 0 Å². The highest BCUT2D eigenvalue weighted by atomic mass is 16.5. The van der Waals surface area contributed by atoms with Gasteiger partial charge in [-0.1, -0.05) is 0 Å². The second-order valence-electron chi connectivity index (χ2n) is 5.93. The standard InChI is InChI=1S/C18H14N4O4/c1-22-18(25)15(16(21-22)10-4-6-19-7-5-10)17(24)11-2-3-12-13(8-11)26-9-14(23)20-12/h2-8,15H,9H2,1H3,(H,20,23)/t15-/m1/s1. The average Bonchev–Trinajstić information content (AvgIpc) is 2.96. The summed E-state index contributed by atoms with van der Waals surface area (Å²) in [7, 11) is 1.52. The van der Waals surface area contributed by atoms with Gasteiger partial charge in [0.05, 0.1) is 11.4 Å². The van der Waals surface area contributed by atoms with Crippen molar-refractivity contribution in [3.8, 4) is 5.75 Å². The SMILES string of the molecule is CN1N=C(c2ccncc2)[C@H](C(=O)c2ccc3c(c2)OCC(=O)N3)C1=O. The fourth-order valence-corrected chi connectivity index (χ4v) is 2.95. The Morgan fingerprint density at radius 1 is 1.23 bits per heavy atom. The number of hydrogen-bond donors (Lipinski definition) is 1. The zero-order valence-electron chi connectivity index (χ0n) is 13.8. The molecule has 1 N–H and O–H groups in total. The van der Waals surface area contributed by atoms with Crippen molar-refractivity contribution in [3.63, 3.8) is 0 Å². The smallest absolute Gasteiger partial charge is 0.262 e. The van der Waals surface area contributed by atoms with Crippen LogP contribution >= 0.6 is 0 Å². The van der Waals surface area contributed by atoms with E-state index in [1.807, 2.05) is 0 Å². The van der Waals surface area contributed by atoms with Crippen LogP contribution in [0.25, 0.3) is 0 Å². The molecule has 1 aromatic carbocycles. The zero-order chi connectivity index (χ0) is 18.3. The van der Waals surface area contributed by atoms with Crippen molar-refractivity contribution >= 4 is 29.0 Å². The van der Waals surface area contributed by atoms with E-state index < -0.39 is 11.8 Å². The summed E-state index contributed by atoms with van der Waals surface area (Å²) < 4.78 is 5.35. The molecule has 0 saturated carbocycles. The quantitative estimate of drug-likeness (QED) is 0.660. The fraction of sp³-hybridized carbons (Fsp3) is 0.167. The molecular formula is C18H14N4O4. The minimum absolute atomic E-state index is 0.112. The number of anilines is 1. The summed E-state index contributed by atoms with van der Waals surface area (Å²) in [6, 6.07) is 8.10. The first-order chi connectivity index (χ1) is 12.5. The molecule has 4 rings (SSSR count). The Morgan fingerprint density at radius 2 is 2.00 bits per heavy atom. The predicted molar refractivity (Wildman–Crippen MR) is 91.9 cm³/mol. The molecule has 1 aromatic heterocycles. The number of hydrazone groups is 1. The predicted octanol–water partition coefficient (Wildman–Crippen LogP) is 1.09. The number of carbonyl (C=O) groups is 3. The molecule has 0 aliphatic carbocycles. The second-order valence-corrected chi connectivity index (χ2v) is 5.93. The molecule has 2 aromatic rings. The summed E-state index contributed by atoms with van der Waals surface area (Å²) >= 11 is 0. The van der Waals surface area contributed by atoms with Gasteiger partial charge in [-0.25, -0.2) is 5.01 Å². The topological polar surface area (TPSA) is 101 Å². The summed E-state index contributed by atoms with van der Waals surface area (Å²) in [5.74, 6) is -1.65. The minimum Gasteiger partial charge on any atom is -0.482 e. The van der Waals surface area contributed by atoms with Crippen LogP contribution in [-0.4, -0.2) is 47.0 Å². The van der Waals surface area contributed by atoms with Gasteiger partial charge in [0.15, 0.2) is 12.4 Å². The molecule has 2 aliphatic rings. The lowest BCUT2D eigenvalue weighted by Gasteiger charge is -2.19. The Hall–Kier alpha value is -3.55. The number of pyridine rings is 1. The summed E-state index contributed by atoms with van der Waals surface area (Å²) in [6.45, 7) is -0.112. The first kappa shape index (κ1) is 15.9. The average molecular weight is 350 g/mol. The van der Waals surface area contributed by atoms with E-state index in [9.17, 15) is 14.4 Å². The van der Waals surface area contributed by atoms with Gasteiger partial charge in [0.25, 0.3) is 11.8 Å². The lowest BCUT2D eigenvalue weighted by molar-refractivity contribution is -0.129. The molecule has 2 aliphatic heterocycles. The van der Waals surface area contributed by atoms with Crippen LogP contribution in [0.1, 0.15) is 15.9 Å². The lowest BCUT2D eigenvalue weighted by Crippen LogP contribution is -2.32. The van der Waals surface area contributed by atoms with Gasteiger partial charge >= 0.3 is 0 Å². The minimum atomic E-state index is -1.03. The number of nitrogens with one attached hydrogen (secondary N) is 1. The molecule has 0 fully saturated rings. The summed E-state index contributed by atoms with van der Waals surface area (Å²) in [5, 5.41) is 8.07. The van der Waals surface area contributed by atoms with E-state index in [0.717, 1.165) is 0 Å². The number of fused-ring (bicyclic) bond motifs is 1. The summed E-state index contributed by atoms with van der Waals surface area (Å²) in [5.41, 5.74) is 1.86. The first-order valence-corrected chi connectivity index (χ1v) is 7.92. The number of ketones is 1. The van der Waals surface area contributed by atoms with Crippen molar-refractivity contribution in [3.05, 3.63) is 53.9 Å². The molecule has 8 nitrogen and oxygen atoms in total. The monoisotopic (exact) mass is 350 g/mol. The Kier molecular flexibility index (Phi) is 3.72. The molecule has 0 unspecified atom stereocenters. The van der Waals surface area contributed by atoms with Crippen LogP contribution < -0.4 is 10.1 Å². The van der Waals surface area contributed by atoms with E-state index in [4.69, 9.17) is 4.74 Å². The molecule has 130 valence electrons. The third kappa shape index (κ3) is 2.61. The van der Waals surface area contributed by atoms with Gasteiger partial charge in [0.1, 0.15) is 11.7 Å². The number of carbonyl (C=O) groups excluding carboxylic acids is 3. The Balaban J connectivity index is 1.70. The van der Waals surface area contributed by atoms with Gasteiger partial charge in [-0.2, -0.15) is 5.10 Å². The largest absolute Gasteiger partial charge is 0.482 e. The summed E-state index contributed by atoms with van der Waals surface area (Å²) in [6.07, 6.45) is 3.16. The molecule has 3 heterocycles. The van der Waals surface area contributed by atoms with E-state index in [0.29, 0.717) is 28.3 Å². The molecule has 0 bridgehead atoms. The highest BCUT2D eigenvalue weighted by Gasteiger charge is 2.40. The van der Waals surface area contributed by atoms with Crippen LogP contribution in [0.3, 0.4) is 0 Å². The van der Waals surface area contributed by atoms with Crippen LogP contribution in [0.2, 0.25) is 0 Å². The van der Waals surface area contributed by atoms with Crippen LogP contribution in [-0.2, 0) is 9.59 Å². The molecule has 0 spiro atoms. The molecule has 26 heavy (non-hydrogen) atoms. The molecular weight excluding hydrogens is 336 g/mol. The van der Waals surface area contributed by atoms with Crippen molar-refractivity contribution in [1.82, 2.24) is 9.99 Å². The normalized spacial score (nSPS) is 18.7. The first-order valence-electron chi connectivity index (χ1n) is 7.92. The van der Waals surface area contributed by atoms with Gasteiger partial charge in [0, 0.05) is 30.6 Å². The molecule has 2 amide bonds. The van der Waals surface area contributed by atoms with Crippen LogP contribution in [0.15, 0.2) is 47.8 Å². The number of ether oxygens (including phenoxy) is 1. The van der Waals surface area contributed by atoms with Gasteiger partial charge in [-0.05, 0) is 30.3 Å². The van der Waals surface area contributed by atoms with Gasteiger partial charge < -0.3 is 10.1 Å². The molecule has 1 atom stereocenters. The van der Waals surface area contributed by atoms with Crippen molar-refractivity contribution in [2.24, 2.45) is 11.0 Å². The third-order valence-corrected chi connectivity index (χ3v) is 4.23. The molecule has 0 radical (unpaired) electrons. The van der Waals surface area contributed by atoms with Crippen LogP contribution in [0, 0.1) is 5.92 Å². The molecule has 0 saturated heterocycles. The highest BCUT2D eigenvalue weighted by molar-refractivity contribution is 6.31.